The smallest absolute Gasteiger partial charge is 0.0918 e. The zero-order chi connectivity index (χ0) is 8.32. The number of rotatable bonds is 0. The zero-order valence-electron chi connectivity index (χ0n) is 6.19. The van der Waals surface area contributed by atoms with Gasteiger partial charge in [-0.15, -0.1) is 10.3 Å². The first kappa shape index (κ1) is 8.12. The van der Waals surface area contributed by atoms with E-state index in [1.807, 2.05) is 6.07 Å². The fourth-order valence-electron chi connectivity index (χ4n) is 0.704. The Morgan fingerprint density at radius 1 is 1.55 bits per heavy atom. The highest BCUT2D eigenvalue weighted by Crippen LogP contribution is 2.45. The third-order valence-electron chi connectivity index (χ3n) is 1.30. The van der Waals surface area contributed by atoms with E-state index < -0.39 is 10.3 Å². The lowest BCUT2D eigenvalue weighted by atomic mass is 10.2. The number of nitrogens with zero attached hydrogens (tertiary/aromatic N) is 1. The summed E-state index contributed by atoms with van der Waals surface area (Å²) in [6, 6.07) is 1.93. The second-order valence-electron chi connectivity index (χ2n) is 2.38. The van der Waals surface area contributed by atoms with Crippen molar-refractivity contribution in [2.45, 2.75) is 0 Å². The summed E-state index contributed by atoms with van der Waals surface area (Å²) >= 11 is 0. The molecule has 0 spiro atoms. The Labute approximate surface area is 67.7 Å². The lowest BCUT2D eigenvalue weighted by Gasteiger charge is -2.22. The summed E-state index contributed by atoms with van der Waals surface area (Å²) in [5.74, 6) is 0. The molecular formula is C8H9NOS. The third-order valence-corrected chi connectivity index (χ3v) is 2.68. The van der Waals surface area contributed by atoms with Crippen LogP contribution in [0.2, 0.25) is 0 Å². The normalized spacial score (nSPS) is 34.1. The maximum absolute atomic E-state index is 9.46. The molecule has 1 aliphatic rings. The van der Waals surface area contributed by atoms with E-state index in [-0.39, 0.29) is 0 Å². The molecular weight excluding hydrogens is 158 g/mol. The standard InChI is InChI=1S/C8H9NOS/c1-11(10)6-3-8(2-5-9)4-7-11/h2-4,6-7,10H,1H3. The predicted molar refractivity (Wildman–Crippen MR) is 48.1 cm³/mol. The van der Waals surface area contributed by atoms with E-state index in [0.29, 0.717) is 0 Å². The molecule has 58 valence electrons. The molecule has 3 heteroatoms. The molecule has 1 rings (SSSR count). The molecule has 0 saturated carbocycles. The van der Waals surface area contributed by atoms with E-state index in [4.69, 9.17) is 5.26 Å². The fraction of sp³-hybridized carbons (Fsp3) is 0.125. The minimum absolute atomic E-state index is 0.839. The Morgan fingerprint density at radius 2 is 2.09 bits per heavy atom. The molecule has 0 fully saturated rings. The van der Waals surface area contributed by atoms with Crippen molar-refractivity contribution in [1.29, 1.82) is 5.26 Å². The number of hydrogen-bond donors (Lipinski definition) is 1. The van der Waals surface area contributed by atoms with Gasteiger partial charge in [0.2, 0.25) is 0 Å². The molecule has 0 aliphatic carbocycles. The Bertz CT molecular complexity index is 263. The van der Waals surface area contributed by atoms with E-state index in [9.17, 15) is 4.55 Å². The molecule has 0 aromatic carbocycles. The molecule has 0 atom stereocenters. The van der Waals surface area contributed by atoms with Crippen LogP contribution >= 0.6 is 10.3 Å². The molecule has 0 aromatic heterocycles. The SMILES string of the molecule is CS1(O)C=CC(=CC#N)C=C1. The monoisotopic (exact) mass is 167 g/mol. The largest absolute Gasteiger partial charge is 0.344 e. The first-order valence-corrected chi connectivity index (χ1v) is 5.23. The zero-order valence-corrected chi connectivity index (χ0v) is 7.01. The van der Waals surface area contributed by atoms with Crippen molar-refractivity contribution in [3.63, 3.8) is 0 Å². The Kier molecular flexibility index (Phi) is 2.18. The van der Waals surface area contributed by atoms with Crippen LogP contribution in [0.25, 0.3) is 0 Å². The van der Waals surface area contributed by atoms with E-state index in [1.165, 1.54) is 6.08 Å². The van der Waals surface area contributed by atoms with Gasteiger partial charge in [-0.3, -0.25) is 0 Å². The second-order valence-corrected chi connectivity index (χ2v) is 4.93. The van der Waals surface area contributed by atoms with Crippen molar-refractivity contribution in [2.75, 3.05) is 6.26 Å². The van der Waals surface area contributed by atoms with Gasteiger partial charge in [-0.05, 0) is 34.8 Å². The molecule has 0 radical (unpaired) electrons. The minimum Gasteiger partial charge on any atom is -0.344 e. The van der Waals surface area contributed by atoms with Crippen LogP contribution in [-0.2, 0) is 0 Å². The highest BCUT2D eigenvalue weighted by atomic mass is 32.3. The third kappa shape index (κ3) is 2.26. The fourth-order valence-corrected chi connectivity index (χ4v) is 1.66. The summed E-state index contributed by atoms with van der Waals surface area (Å²) in [6.45, 7) is 0. The lowest BCUT2D eigenvalue weighted by Crippen LogP contribution is -1.90. The van der Waals surface area contributed by atoms with Gasteiger partial charge >= 0.3 is 0 Å². The molecule has 0 amide bonds. The second kappa shape index (κ2) is 2.95. The van der Waals surface area contributed by atoms with Gasteiger partial charge < -0.3 is 4.55 Å². The average Bonchev–Trinajstić information content (AvgIpc) is 1.94. The van der Waals surface area contributed by atoms with E-state index >= 15 is 0 Å². The summed E-state index contributed by atoms with van der Waals surface area (Å²) in [7, 11) is -1.65. The van der Waals surface area contributed by atoms with Crippen LogP contribution in [0.4, 0.5) is 0 Å². The predicted octanol–water partition coefficient (Wildman–Crippen LogP) is 2.38. The van der Waals surface area contributed by atoms with Crippen LogP contribution in [0.5, 0.6) is 0 Å². The first-order chi connectivity index (χ1) is 5.14. The summed E-state index contributed by atoms with van der Waals surface area (Å²) < 4.78 is 9.46. The van der Waals surface area contributed by atoms with Crippen LogP contribution in [0.3, 0.4) is 0 Å². The molecule has 0 saturated heterocycles. The maximum atomic E-state index is 9.46. The Hall–Kier alpha value is -0.980. The minimum atomic E-state index is -1.65. The topological polar surface area (TPSA) is 44.0 Å². The summed E-state index contributed by atoms with van der Waals surface area (Å²) in [5, 5.41) is 11.8. The molecule has 0 aromatic rings. The van der Waals surface area contributed by atoms with Gasteiger partial charge in [0.1, 0.15) is 0 Å². The Balaban J connectivity index is 2.83. The van der Waals surface area contributed by atoms with Gasteiger partial charge in [-0.2, -0.15) is 5.26 Å². The highest BCUT2D eigenvalue weighted by Gasteiger charge is 2.07. The van der Waals surface area contributed by atoms with E-state index in [0.717, 1.165) is 5.57 Å². The lowest BCUT2D eigenvalue weighted by molar-refractivity contribution is 0.649. The van der Waals surface area contributed by atoms with Gasteiger partial charge in [0.15, 0.2) is 0 Å². The molecule has 0 unspecified atom stereocenters. The number of nitriles is 1. The summed E-state index contributed by atoms with van der Waals surface area (Å²) in [4.78, 5) is 0. The van der Waals surface area contributed by atoms with Crippen molar-refractivity contribution in [2.24, 2.45) is 0 Å². The van der Waals surface area contributed by atoms with Crippen LogP contribution in [0, 0.1) is 11.3 Å². The van der Waals surface area contributed by atoms with Gasteiger partial charge in [0, 0.05) is 6.08 Å². The highest BCUT2D eigenvalue weighted by molar-refractivity contribution is 8.33. The van der Waals surface area contributed by atoms with Crippen molar-refractivity contribution >= 4 is 10.3 Å². The van der Waals surface area contributed by atoms with E-state index in [1.54, 1.807) is 29.2 Å². The van der Waals surface area contributed by atoms with Crippen molar-refractivity contribution in [3.8, 4) is 6.07 Å². The van der Waals surface area contributed by atoms with Crippen LogP contribution in [0.15, 0.2) is 34.6 Å². The van der Waals surface area contributed by atoms with Crippen LogP contribution in [-0.4, -0.2) is 10.8 Å². The molecule has 1 heterocycles. The van der Waals surface area contributed by atoms with Gasteiger partial charge in [0.05, 0.1) is 6.07 Å². The molecule has 2 nitrogen and oxygen atoms in total. The molecule has 11 heavy (non-hydrogen) atoms. The van der Waals surface area contributed by atoms with Gasteiger partial charge in [-0.25, -0.2) is 0 Å². The van der Waals surface area contributed by atoms with Gasteiger partial charge in [-0.1, -0.05) is 0 Å². The van der Waals surface area contributed by atoms with Gasteiger partial charge in [0.25, 0.3) is 0 Å². The van der Waals surface area contributed by atoms with Crippen molar-refractivity contribution < 1.29 is 4.55 Å². The first-order valence-electron chi connectivity index (χ1n) is 3.11. The van der Waals surface area contributed by atoms with Crippen LogP contribution in [0.1, 0.15) is 0 Å². The quantitative estimate of drug-likeness (QED) is 0.563. The van der Waals surface area contributed by atoms with Crippen molar-refractivity contribution in [1.82, 2.24) is 0 Å². The number of hydrogen-bond acceptors (Lipinski definition) is 2. The summed E-state index contributed by atoms with van der Waals surface area (Å²) in [5.41, 5.74) is 0.839. The molecule has 0 bridgehead atoms. The summed E-state index contributed by atoms with van der Waals surface area (Å²) in [6.07, 6.45) is 6.74. The van der Waals surface area contributed by atoms with Crippen LogP contribution < -0.4 is 0 Å². The average molecular weight is 167 g/mol. The number of allylic oxidation sites excluding steroid dienone is 4. The molecule has 1 aliphatic heterocycles. The van der Waals surface area contributed by atoms with Crippen molar-refractivity contribution in [3.05, 3.63) is 34.6 Å². The maximum Gasteiger partial charge on any atom is 0.0918 e. The molecule has 1 N–H and O–H groups in total. The Morgan fingerprint density at radius 3 is 2.55 bits per heavy atom. The van der Waals surface area contributed by atoms with E-state index in [2.05, 4.69) is 0 Å².